The van der Waals surface area contributed by atoms with Gasteiger partial charge in [0, 0.05) is 17.7 Å². The van der Waals surface area contributed by atoms with E-state index >= 15 is 0 Å². The minimum absolute atomic E-state index is 0.0365. The Hall–Kier alpha value is -3.28. The van der Waals surface area contributed by atoms with Gasteiger partial charge in [-0.2, -0.15) is 0 Å². The number of amides is 1. The Morgan fingerprint density at radius 2 is 1.87 bits per heavy atom. The highest BCUT2D eigenvalue weighted by atomic mass is 16.5. The van der Waals surface area contributed by atoms with E-state index in [1.807, 2.05) is 39.0 Å². The van der Waals surface area contributed by atoms with Gasteiger partial charge < -0.3 is 19.5 Å². The van der Waals surface area contributed by atoms with Crippen LogP contribution in [0.1, 0.15) is 50.8 Å². The Labute approximate surface area is 183 Å². The number of benzene rings is 2. The summed E-state index contributed by atoms with van der Waals surface area (Å²) in [6, 6.07) is 13.4. The molecule has 2 aromatic carbocycles. The smallest absolute Gasteiger partial charge is 0.295 e. The van der Waals surface area contributed by atoms with Crippen LogP contribution < -0.4 is 9.47 Å². The number of Topliss-reactive ketones (excluding diaryl/α,β-unsaturated/α-hetero) is 1. The van der Waals surface area contributed by atoms with E-state index in [0.717, 1.165) is 12.8 Å². The van der Waals surface area contributed by atoms with Crippen molar-refractivity contribution < 1.29 is 24.2 Å². The normalized spacial score (nSPS) is 18.0. The van der Waals surface area contributed by atoms with Gasteiger partial charge in [0.2, 0.25) is 0 Å². The Morgan fingerprint density at radius 3 is 2.55 bits per heavy atom. The van der Waals surface area contributed by atoms with E-state index in [1.165, 1.54) is 4.90 Å². The van der Waals surface area contributed by atoms with Gasteiger partial charge in [-0.05, 0) is 38.5 Å². The molecule has 1 aliphatic rings. The van der Waals surface area contributed by atoms with Crippen molar-refractivity contribution in [3.8, 4) is 11.5 Å². The van der Waals surface area contributed by atoms with Gasteiger partial charge in [0.15, 0.2) is 0 Å². The minimum atomic E-state index is -0.725. The van der Waals surface area contributed by atoms with Crippen LogP contribution in [0.4, 0.5) is 0 Å². The monoisotopic (exact) mass is 423 g/mol. The van der Waals surface area contributed by atoms with Crippen molar-refractivity contribution in [2.45, 2.75) is 45.8 Å². The van der Waals surface area contributed by atoms with E-state index in [9.17, 15) is 14.7 Å². The number of hydrogen-bond donors (Lipinski definition) is 1. The first-order chi connectivity index (χ1) is 14.9. The number of likely N-dealkylation sites (tertiary alicyclic amines) is 1. The van der Waals surface area contributed by atoms with Crippen molar-refractivity contribution >= 4 is 17.4 Å². The zero-order chi connectivity index (χ0) is 22.5. The van der Waals surface area contributed by atoms with Crippen LogP contribution in [0.25, 0.3) is 5.76 Å². The molecule has 1 atom stereocenters. The second kappa shape index (κ2) is 9.69. The Morgan fingerprint density at radius 1 is 1.13 bits per heavy atom. The third-order valence-electron chi connectivity index (χ3n) is 5.21. The van der Waals surface area contributed by atoms with Gasteiger partial charge in [0.25, 0.3) is 11.7 Å². The molecule has 0 aromatic heterocycles. The summed E-state index contributed by atoms with van der Waals surface area (Å²) < 4.78 is 11.2. The van der Waals surface area contributed by atoms with Crippen LogP contribution in [0.3, 0.4) is 0 Å². The molecule has 0 spiro atoms. The van der Waals surface area contributed by atoms with E-state index in [-0.39, 0.29) is 17.4 Å². The topological polar surface area (TPSA) is 76.1 Å². The first kappa shape index (κ1) is 22.4. The fourth-order valence-electron chi connectivity index (χ4n) is 3.80. The number of para-hydroxylation sites is 1. The molecule has 0 saturated carbocycles. The van der Waals surface area contributed by atoms with E-state index < -0.39 is 17.7 Å². The summed E-state index contributed by atoms with van der Waals surface area (Å²) in [4.78, 5) is 27.5. The summed E-state index contributed by atoms with van der Waals surface area (Å²) >= 11 is 0. The molecule has 1 aliphatic heterocycles. The van der Waals surface area contributed by atoms with E-state index in [2.05, 4.69) is 0 Å². The molecule has 1 fully saturated rings. The Bertz CT molecular complexity index is 995. The predicted octanol–water partition coefficient (Wildman–Crippen LogP) is 4.70. The molecule has 3 rings (SSSR count). The van der Waals surface area contributed by atoms with Gasteiger partial charge in [-0.25, -0.2) is 0 Å². The number of aliphatic hydroxyl groups excluding tert-OH is 1. The maximum Gasteiger partial charge on any atom is 0.295 e. The molecule has 6 heteroatoms. The van der Waals surface area contributed by atoms with Gasteiger partial charge in [0.05, 0.1) is 24.8 Å². The molecule has 164 valence electrons. The quantitative estimate of drug-likeness (QED) is 0.378. The summed E-state index contributed by atoms with van der Waals surface area (Å²) in [5.74, 6) is -0.394. The van der Waals surface area contributed by atoms with Gasteiger partial charge >= 0.3 is 0 Å². The lowest BCUT2D eigenvalue weighted by atomic mass is 9.94. The van der Waals surface area contributed by atoms with Crippen molar-refractivity contribution in [1.29, 1.82) is 0 Å². The van der Waals surface area contributed by atoms with Crippen LogP contribution in [-0.4, -0.2) is 41.5 Å². The van der Waals surface area contributed by atoms with Crippen molar-refractivity contribution in [3.05, 3.63) is 65.2 Å². The van der Waals surface area contributed by atoms with Crippen LogP contribution in [0, 0.1) is 0 Å². The van der Waals surface area contributed by atoms with Crippen LogP contribution in [0.15, 0.2) is 54.1 Å². The number of methoxy groups -OCH3 is 1. The Balaban J connectivity index is 2.17. The lowest BCUT2D eigenvalue weighted by molar-refractivity contribution is -0.139. The second-order valence-electron chi connectivity index (χ2n) is 7.78. The number of ketones is 1. The summed E-state index contributed by atoms with van der Waals surface area (Å²) in [5.41, 5.74) is 1.15. The number of nitrogens with zero attached hydrogens (tertiary/aromatic N) is 1. The summed E-state index contributed by atoms with van der Waals surface area (Å²) in [6.45, 7) is 6.26. The lowest BCUT2D eigenvalue weighted by Gasteiger charge is -2.26. The zero-order valence-corrected chi connectivity index (χ0v) is 18.4. The highest BCUT2D eigenvalue weighted by molar-refractivity contribution is 6.46. The van der Waals surface area contributed by atoms with Crippen molar-refractivity contribution in [2.75, 3.05) is 13.7 Å². The molecule has 1 amide bonds. The fraction of sp³-hybridized carbons (Fsp3) is 0.360. The maximum atomic E-state index is 13.1. The molecule has 1 heterocycles. The number of unbranched alkanes of at least 4 members (excludes halogenated alkanes) is 1. The number of ether oxygens (including phenoxy) is 2. The molecule has 2 aromatic rings. The molecule has 31 heavy (non-hydrogen) atoms. The van der Waals surface area contributed by atoms with Gasteiger partial charge in [-0.1, -0.05) is 43.7 Å². The molecule has 0 bridgehead atoms. The summed E-state index contributed by atoms with van der Waals surface area (Å²) in [5, 5.41) is 11.2. The largest absolute Gasteiger partial charge is 0.507 e. The SMILES string of the molecule is CCCCN1C(=O)C(=O)/C(=C(/O)c2cccc(OC(C)C)c2)C1c1ccccc1OC. The lowest BCUT2D eigenvalue weighted by Crippen LogP contribution is -2.30. The number of hydrogen-bond acceptors (Lipinski definition) is 5. The third-order valence-corrected chi connectivity index (χ3v) is 5.21. The molecule has 1 N–H and O–H groups in total. The van der Waals surface area contributed by atoms with Crippen LogP contribution in [0.2, 0.25) is 0 Å². The molecular weight excluding hydrogens is 394 g/mol. The van der Waals surface area contributed by atoms with Crippen LogP contribution in [-0.2, 0) is 9.59 Å². The Kier molecular flexibility index (Phi) is 7.00. The fourth-order valence-corrected chi connectivity index (χ4v) is 3.80. The number of aliphatic hydroxyl groups is 1. The number of carbonyl (C=O) groups is 2. The molecule has 6 nitrogen and oxygen atoms in total. The van der Waals surface area contributed by atoms with Crippen molar-refractivity contribution in [1.82, 2.24) is 4.90 Å². The highest BCUT2D eigenvalue weighted by Crippen LogP contribution is 2.42. The zero-order valence-electron chi connectivity index (χ0n) is 18.4. The highest BCUT2D eigenvalue weighted by Gasteiger charge is 2.46. The van der Waals surface area contributed by atoms with E-state index in [1.54, 1.807) is 37.4 Å². The number of carbonyl (C=O) groups excluding carboxylic acids is 2. The van der Waals surface area contributed by atoms with Crippen LogP contribution in [0.5, 0.6) is 11.5 Å². The van der Waals surface area contributed by atoms with Crippen LogP contribution >= 0.6 is 0 Å². The standard InChI is InChI=1S/C25H29NO5/c1-5-6-14-26-22(19-12-7-8-13-20(19)30-4)21(24(28)25(26)29)23(27)17-10-9-11-18(15-17)31-16(2)3/h7-13,15-16,22,27H,5-6,14H2,1-4H3/b23-21+. The third kappa shape index (κ3) is 4.58. The summed E-state index contributed by atoms with van der Waals surface area (Å²) in [6.07, 6.45) is 1.58. The average molecular weight is 424 g/mol. The first-order valence-electron chi connectivity index (χ1n) is 10.6. The second-order valence-corrected chi connectivity index (χ2v) is 7.78. The minimum Gasteiger partial charge on any atom is -0.507 e. The van der Waals surface area contributed by atoms with E-state index in [0.29, 0.717) is 29.2 Å². The van der Waals surface area contributed by atoms with Gasteiger partial charge in [0.1, 0.15) is 17.3 Å². The first-order valence-corrected chi connectivity index (χ1v) is 10.6. The van der Waals surface area contributed by atoms with Crippen molar-refractivity contribution in [2.24, 2.45) is 0 Å². The predicted molar refractivity (Wildman–Crippen MR) is 119 cm³/mol. The molecule has 0 aliphatic carbocycles. The number of rotatable bonds is 8. The molecule has 0 radical (unpaired) electrons. The molecule has 1 saturated heterocycles. The maximum absolute atomic E-state index is 13.1. The van der Waals surface area contributed by atoms with E-state index in [4.69, 9.17) is 9.47 Å². The molecule has 1 unspecified atom stereocenters. The average Bonchev–Trinajstić information content (AvgIpc) is 3.01. The molecular formula is C25H29NO5. The van der Waals surface area contributed by atoms with Gasteiger partial charge in [-0.3, -0.25) is 9.59 Å². The van der Waals surface area contributed by atoms with Crippen molar-refractivity contribution in [3.63, 3.8) is 0 Å². The summed E-state index contributed by atoms with van der Waals surface area (Å²) in [7, 11) is 1.55. The van der Waals surface area contributed by atoms with Gasteiger partial charge in [-0.15, -0.1) is 0 Å².